The first-order valence-electron chi connectivity index (χ1n) is 18.8. The van der Waals surface area contributed by atoms with Crippen molar-refractivity contribution in [1.29, 1.82) is 0 Å². The van der Waals surface area contributed by atoms with Crippen LogP contribution in [-0.4, -0.2) is 4.57 Å². The number of anilines is 3. The van der Waals surface area contributed by atoms with Crippen LogP contribution in [0.15, 0.2) is 182 Å². The number of hydrogen-bond acceptors (Lipinski definition) is 1. The smallest absolute Gasteiger partial charge is 0.0645 e. The molecule has 0 amide bonds. The predicted octanol–water partition coefficient (Wildman–Crippen LogP) is 11.6. The molecular formula is C42H30N2. The van der Waals surface area contributed by atoms with E-state index in [-0.39, 0.29) is 29.0 Å². The van der Waals surface area contributed by atoms with Crippen molar-refractivity contribution in [1.82, 2.24) is 4.57 Å². The molecule has 0 radical (unpaired) electrons. The van der Waals surface area contributed by atoms with Gasteiger partial charge in [-0.15, -0.1) is 0 Å². The van der Waals surface area contributed by atoms with Gasteiger partial charge in [0.1, 0.15) is 0 Å². The summed E-state index contributed by atoms with van der Waals surface area (Å²) in [5, 5.41) is 1.84. The van der Waals surface area contributed by atoms with Gasteiger partial charge in [-0.1, -0.05) is 115 Å². The maximum Gasteiger partial charge on any atom is 0.0645 e. The molecule has 0 aliphatic heterocycles. The fourth-order valence-electron chi connectivity index (χ4n) is 5.73. The second-order valence-corrected chi connectivity index (χ2v) is 10.4. The van der Waals surface area contributed by atoms with Crippen LogP contribution in [0.3, 0.4) is 0 Å². The molecule has 7 aromatic carbocycles. The summed E-state index contributed by atoms with van der Waals surface area (Å²) in [6.07, 6.45) is 0. The van der Waals surface area contributed by atoms with Crippen LogP contribution < -0.4 is 4.90 Å². The van der Waals surface area contributed by atoms with Crippen molar-refractivity contribution in [2.45, 2.75) is 0 Å². The Morgan fingerprint density at radius 1 is 0.409 bits per heavy atom. The molecule has 44 heavy (non-hydrogen) atoms. The van der Waals surface area contributed by atoms with Crippen LogP contribution in [0.5, 0.6) is 0 Å². The highest BCUT2D eigenvalue weighted by Gasteiger charge is 2.15. The molecule has 0 aliphatic rings. The summed E-state index contributed by atoms with van der Waals surface area (Å²) in [5.74, 6) is 0. The maximum atomic E-state index is 9.38. The Balaban J connectivity index is 1.37. The molecule has 0 spiro atoms. The summed E-state index contributed by atoms with van der Waals surface area (Å²) >= 11 is 0. The normalized spacial score (nSPS) is 14.0. The van der Waals surface area contributed by atoms with Crippen molar-refractivity contribution < 1.29 is 12.3 Å². The van der Waals surface area contributed by atoms with Crippen LogP contribution >= 0.6 is 0 Å². The molecular weight excluding hydrogens is 532 g/mol. The van der Waals surface area contributed by atoms with E-state index in [0.717, 1.165) is 38.6 Å². The first-order valence-corrected chi connectivity index (χ1v) is 14.3. The molecule has 208 valence electrons. The zero-order valence-electron chi connectivity index (χ0n) is 32.5. The Bertz CT molecular complexity index is 2670. The van der Waals surface area contributed by atoms with Crippen LogP contribution in [0.1, 0.15) is 12.3 Å². The summed E-state index contributed by atoms with van der Waals surface area (Å²) in [7, 11) is 0. The van der Waals surface area contributed by atoms with Crippen LogP contribution in [-0.2, 0) is 0 Å². The number of nitrogens with zero attached hydrogens (tertiary/aromatic N) is 2. The van der Waals surface area contributed by atoms with E-state index in [1.807, 2.05) is 103 Å². The molecule has 0 unspecified atom stereocenters. The minimum atomic E-state index is -0.583. The largest absolute Gasteiger partial charge is 0.310 e. The van der Waals surface area contributed by atoms with Gasteiger partial charge in [-0.2, -0.15) is 0 Å². The molecule has 2 nitrogen and oxygen atoms in total. The van der Waals surface area contributed by atoms with Gasteiger partial charge in [-0.05, 0) is 88.9 Å². The second kappa shape index (κ2) is 11.1. The Kier molecular flexibility index (Phi) is 4.52. The number of fused-ring (bicyclic) bond motifs is 3. The van der Waals surface area contributed by atoms with E-state index in [1.54, 1.807) is 24.3 Å². The van der Waals surface area contributed by atoms with Gasteiger partial charge in [0, 0.05) is 33.5 Å². The van der Waals surface area contributed by atoms with E-state index in [4.69, 9.17) is 6.85 Å². The second-order valence-electron chi connectivity index (χ2n) is 10.4. The third-order valence-corrected chi connectivity index (χ3v) is 7.73. The van der Waals surface area contributed by atoms with Crippen molar-refractivity contribution in [2.24, 2.45) is 0 Å². The highest BCUT2D eigenvalue weighted by atomic mass is 15.1. The van der Waals surface area contributed by atoms with Crippen molar-refractivity contribution in [3.05, 3.63) is 182 Å². The van der Waals surface area contributed by atoms with Crippen LogP contribution in [0.4, 0.5) is 17.1 Å². The van der Waals surface area contributed by atoms with Gasteiger partial charge < -0.3 is 9.47 Å². The molecule has 8 rings (SSSR count). The van der Waals surface area contributed by atoms with Crippen molar-refractivity contribution >= 4 is 38.9 Å². The lowest BCUT2D eigenvalue weighted by Crippen LogP contribution is -2.09. The summed E-state index contributed by atoms with van der Waals surface area (Å²) < 4.78 is 82.4. The third-order valence-electron chi connectivity index (χ3n) is 7.73. The zero-order valence-corrected chi connectivity index (χ0v) is 23.5. The molecule has 0 atom stereocenters. The van der Waals surface area contributed by atoms with Crippen molar-refractivity contribution in [3.63, 3.8) is 0 Å². The molecule has 2 heteroatoms. The number of aromatic nitrogens is 1. The van der Waals surface area contributed by atoms with Gasteiger partial charge in [0.15, 0.2) is 0 Å². The minimum absolute atomic E-state index is 0.0845. The third kappa shape index (κ3) is 4.63. The first kappa shape index (κ1) is 17.9. The van der Waals surface area contributed by atoms with Gasteiger partial charge in [-0.25, -0.2) is 0 Å². The highest BCUT2D eigenvalue weighted by molar-refractivity contribution is 6.10. The lowest BCUT2D eigenvalue weighted by molar-refractivity contribution is 1.18. The van der Waals surface area contributed by atoms with Gasteiger partial charge >= 0.3 is 0 Å². The van der Waals surface area contributed by atoms with E-state index in [0.29, 0.717) is 11.3 Å². The number of hydrogen-bond donors (Lipinski definition) is 0. The minimum Gasteiger partial charge on any atom is -0.310 e. The topological polar surface area (TPSA) is 8.17 Å². The van der Waals surface area contributed by atoms with Crippen molar-refractivity contribution in [3.8, 4) is 27.9 Å². The maximum absolute atomic E-state index is 9.38. The number of para-hydroxylation sites is 3. The highest BCUT2D eigenvalue weighted by Crippen LogP contribution is 2.39. The monoisotopic (exact) mass is 571 g/mol. The Morgan fingerprint density at radius 3 is 1.84 bits per heavy atom. The molecule has 0 bridgehead atoms. The lowest BCUT2D eigenvalue weighted by atomic mass is 10.0. The van der Waals surface area contributed by atoms with Crippen LogP contribution in [0, 0.1) is 0 Å². The summed E-state index contributed by atoms with van der Waals surface area (Å²) in [4.78, 5) is 1.26. The molecule has 0 saturated heterocycles. The first-order chi connectivity index (χ1) is 25.6. The Labute approximate surface area is 270 Å². The fraction of sp³-hybridized carbons (Fsp3) is 0. The van der Waals surface area contributed by atoms with E-state index in [9.17, 15) is 5.48 Å². The lowest BCUT2D eigenvalue weighted by Gasteiger charge is -2.26. The molecule has 0 fully saturated rings. The van der Waals surface area contributed by atoms with E-state index < -0.39 is 42.3 Å². The average Bonchev–Trinajstić information content (AvgIpc) is 3.52. The van der Waals surface area contributed by atoms with Gasteiger partial charge in [0.2, 0.25) is 0 Å². The average molecular weight is 572 g/mol. The molecule has 1 heterocycles. The van der Waals surface area contributed by atoms with Gasteiger partial charge in [0.25, 0.3) is 0 Å². The predicted molar refractivity (Wildman–Crippen MR) is 186 cm³/mol. The standard InChI is InChI=1S/C42H30N2/c1-4-13-31(14-5-1)33-15-12-20-38(29-33)43(35-16-6-2-7-17-35)37-26-23-32(24-27-37)34-25-28-42-40(30-34)39-21-10-11-22-41(39)44(42)36-18-8-3-9-19-36/h1-30H/i2D,6D,7D,16D,17D,23D,24D,26D,27D. The molecule has 8 aromatic rings. The summed E-state index contributed by atoms with van der Waals surface area (Å²) in [5.41, 5.74) is 4.81. The SMILES string of the molecule is [2H]c1c([2H])c([2H])c(N(c2cccc(-c3ccccc3)c2)c2c([2H])c([2H])c(-c3ccc4c(c3)c3ccccc3n4-c3ccccc3)c([2H])c2[2H])c([2H])c1[2H]. The quantitative estimate of drug-likeness (QED) is 0.193. The Morgan fingerprint density at radius 2 is 1.05 bits per heavy atom. The fourth-order valence-corrected chi connectivity index (χ4v) is 5.73. The number of benzene rings is 7. The van der Waals surface area contributed by atoms with E-state index in [1.165, 1.54) is 4.90 Å². The van der Waals surface area contributed by atoms with Crippen molar-refractivity contribution in [2.75, 3.05) is 4.90 Å². The van der Waals surface area contributed by atoms with E-state index >= 15 is 0 Å². The molecule has 0 N–H and O–H groups in total. The van der Waals surface area contributed by atoms with Crippen LogP contribution in [0.2, 0.25) is 0 Å². The molecule has 1 aromatic heterocycles. The molecule has 0 saturated carbocycles. The zero-order chi connectivity index (χ0) is 37.1. The molecule has 0 aliphatic carbocycles. The van der Waals surface area contributed by atoms with Gasteiger partial charge in [0.05, 0.1) is 23.4 Å². The number of rotatable bonds is 6. The van der Waals surface area contributed by atoms with Crippen LogP contribution in [0.25, 0.3) is 49.7 Å². The summed E-state index contributed by atoms with van der Waals surface area (Å²) in [6.45, 7) is 0. The summed E-state index contributed by atoms with van der Waals surface area (Å²) in [6, 6.07) is 35.7. The Hall–Kier alpha value is -5.86. The van der Waals surface area contributed by atoms with E-state index in [2.05, 4.69) is 4.57 Å². The van der Waals surface area contributed by atoms with Gasteiger partial charge in [-0.3, -0.25) is 0 Å².